The van der Waals surface area contributed by atoms with Crippen LogP contribution in [0.15, 0.2) is 48.7 Å². The number of hydrogen-bond donors (Lipinski definition) is 1. The quantitative estimate of drug-likeness (QED) is 0.892. The van der Waals surface area contributed by atoms with Gasteiger partial charge in [-0.2, -0.15) is 0 Å². The van der Waals surface area contributed by atoms with Crippen molar-refractivity contribution in [2.45, 2.75) is 6.42 Å². The molecule has 1 N–H and O–H groups in total. The molecule has 19 heavy (non-hydrogen) atoms. The van der Waals surface area contributed by atoms with Crippen LogP contribution in [-0.4, -0.2) is 29.7 Å². The average Bonchev–Trinajstić information content (AvgIpc) is 2.46. The summed E-state index contributed by atoms with van der Waals surface area (Å²) in [5.41, 5.74) is 2.27. The summed E-state index contributed by atoms with van der Waals surface area (Å²) in [6.45, 7) is 0.859. The molecule has 0 saturated carbocycles. The summed E-state index contributed by atoms with van der Waals surface area (Å²) >= 11 is 0. The summed E-state index contributed by atoms with van der Waals surface area (Å²) in [6.07, 6.45) is 2.53. The average molecular weight is 256 g/mol. The number of aromatic carboxylic acids is 1. The molecule has 2 rings (SSSR count). The van der Waals surface area contributed by atoms with Crippen LogP contribution in [0.1, 0.15) is 16.1 Å². The maximum absolute atomic E-state index is 10.7. The van der Waals surface area contributed by atoms with E-state index >= 15 is 0 Å². The minimum Gasteiger partial charge on any atom is -0.477 e. The molecule has 0 radical (unpaired) electrons. The smallest absolute Gasteiger partial charge is 0.354 e. The highest BCUT2D eigenvalue weighted by atomic mass is 16.4. The summed E-state index contributed by atoms with van der Waals surface area (Å²) < 4.78 is 0. The second kappa shape index (κ2) is 6.00. The van der Waals surface area contributed by atoms with Gasteiger partial charge in [0, 0.05) is 13.6 Å². The zero-order chi connectivity index (χ0) is 13.7. The Morgan fingerprint density at radius 2 is 1.95 bits per heavy atom. The number of hydrogen-bond acceptors (Lipinski definition) is 3. The fraction of sp³-hybridized carbons (Fsp3) is 0.200. The number of likely N-dealkylation sites (N-methyl/N-ethyl adjacent to an activating group) is 1. The maximum atomic E-state index is 10.7. The lowest BCUT2D eigenvalue weighted by Crippen LogP contribution is -2.20. The first-order chi connectivity index (χ1) is 9.16. The number of carboxylic acids is 1. The third-order valence-electron chi connectivity index (χ3n) is 2.99. The Bertz CT molecular complexity index is 538. The molecule has 0 bridgehead atoms. The van der Waals surface area contributed by atoms with Crippen molar-refractivity contribution in [1.29, 1.82) is 0 Å². The van der Waals surface area contributed by atoms with Crippen molar-refractivity contribution >= 4 is 11.7 Å². The van der Waals surface area contributed by atoms with Crippen LogP contribution < -0.4 is 4.90 Å². The first-order valence-electron chi connectivity index (χ1n) is 6.11. The zero-order valence-corrected chi connectivity index (χ0v) is 10.8. The molecule has 0 spiro atoms. The van der Waals surface area contributed by atoms with Crippen molar-refractivity contribution in [2.75, 3.05) is 18.5 Å². The largest absolute Gasteiger partial charge is 0.477 e. The van der Waals surface area contributed by atoms with Crippen molar-refractivity contribution in [1.82, 2.24) is 4.98 Å². The van der Waals surface area contributed by atoms with Gasteiger partial charge >= 0.3 is 5.97 Å². The highest BCUT2D eigenvalue weighted by molar-refractivity contribution is 5.85. The van der Waals surface area contributed by atoms with Gasteiger partial charge in [0.25, 0.3) is 0 Å². The van der Waals surface area contributed by atoms with Crippen LogP contribution >= 0.6 is 0 Å². The number of aromatic nitrogens is 1. The molecule has 0 aliphatic rings. The van der Waals surface area contributed by atoms with E-state index < -0.39 is 5.97 Å². The Morgan fingerprint density at radius 3 is 2.53 bits per heavy atom. The van der Waals surface area contributed by atoms with Crippen LogP contribution in [0.2, 0.25) is 0 Å². The van der Waals surface area contributed by atoms with Gasteiger partial charge in [-0.1, -0.05) is 30.3 Å². The minimum absolute atomic E-state index is 0.0696. The van der Waals surface area contributed by atoms with Crippen molar-refractivity contribution in [3.63, 3.8) is 0 Å². The molecule has 0 unspecified atom stereocenters. The van der Waals surface area contributed by atoms with Gasteiger partial charge in [0.1, 0.15) is 5.69 Å². The molecule has 0 aliphatic carbocycles. The van der Waals surface area contributed by atoms with Crippen molar-refractivity contribution in [3.8, 4) is 0 Å². The number of rotatable bonds is 5. The highest BCUT2D eigenvalue weighted by Crippen LogP contribution is 2.12. The van der Waals surface area contributed by atoms with Gasteiger partial charge in [0.2, 0.25) is 0 Å². The number of benzene rings is 1. The second-order valence-electron chi connectivity index (χ2n) is 4.36. The van der Waals surface area contributed by atoms with E-state index in [0.29, 0.717) is 0 Å². The summed E-state index contributed by atoms with van der Waals surface area (Å²) in [5.74, 6) is -1.00. The van der Waals surface area contributed by atoms with Crippen molar-refractivity contribution in [2.24, 2.45) is 0 Å². The first-order valence-corrected chi connectivity index (χ1v) is 6.11. The van der Waals surface area contributed by atoms with Crippen LogP contribution in [-0.2, 0) is 6.42 Å². The fourth-order valence-corrected chi connectivity index (χ4v) is 1.81. The fourth-order valence-electron chi connectivity index (χ4n) is 1.81. The van der Waals surface area contributed by atoms with Crippen molar-refractivity contribution < 1.29 is 9.90 Å². The van der Waals surface area contributed by atoms with E-state index in [1.165, 1.54) is 11.6 Å². The van der Waals surface area contributed by atoms with Gasteiger partial charge in [-0.25, -0.2) is 9.78 Å². The predicted molar refractivity (Wildman–Crippen MR) is 74.6 cm³/mol. The summed E-state index contributed by atoms with van der Waals surface area (Å²) in [5, 5.41) is 8.79. The predicted octanol–water partition coefficient (Wildman–Crippen LogP) is 2.46. The number of pyridine rings is 1. The molecular weight excluding hydrogens is 240 g/mol. The number of carboxylic acid groups (broad SMARTS) is 1. The van der Waals surface area contributed by atoms with Crippen LogP contribution in [0.4, 0.5) is 5.69 Å². The van der Waals surface area contributed by atoms with E-state index in [4.69, 9.17) is 5.11 Å². The van der Waals surface area contributed by atoms with E-state index in [2.05, 4.69) is 22.0 Å². The SMILES string of the molecule is CN(CCc1ccccc1)c1ccc(C(=O)O)nc1. The standard InChI is InChI=1S/C15H16N2O2/c1-17(10-9-12-5-3-2-4-6-12)13-7-8-14(15(18)19)16-11-13/h2-8,11H,9-10H2,1H3,(H,18,19). The van der Waals surface area contributed by atoms with Crippen LogP contribution in [0.5, 0.6) is 0 Å². The number of anilines is 1. The van der Waals surface area contributed by atoms with Gasteiger partial charge in [-0.15, -0.1) is 0 Å². The highest BCUT2D eigenvalue weighted by Gasteiger charge is 2.06. The summed E-state index contributed by atoms with van der Waals surface area (Å²) in [4.78, 5) is 16.7. The molecule has 4 heteroatoms. The Hall–Kier alpha value is -2.36. The molecule has 98 valence electrons. The molecule has 0 atom stereocenters. The lowest BCUT2D eigenvalue weighted by atomic mass is 10.1. The summed E-state index contributed by atoms with van der Waals surface area (Å²) in [6, 6.07) is 13.6. The van der Waals surface area contributed by atoms with E-state index in [0.717, 1.165) is 18.7 Å². The molecule has 0 saturated heterocycles. The van der Waals surface area contributed by atoms with Crippen LogP contribution in [0, 0.1) is 0 Å². The minimum atomic E-state index is -1.00. The van der Waals surface area contributed by atoms with Gasteiger partial charge in [-0.05, 0) is 24.1 Å². The number of nitrogens with zero attached hydrogens (tertiary/aromatic N) is 2. The molecule has 1 heterocycles. The van der Waals surface area contributed by atoms with Gasteiger partial charge in [0.05, 0.1) is 11.9 Å². The molecule has 1 aromatic carbocycles. The second-order valence-corrected chi connectivity index (χ2v) is 4.36. The molecule has 0 amide bonds. The topological polar surface area (TPSA) is 53.4 Å². The normalized spacial score (nSPS) is 10.2. The van der Waals surface area contributed by atoms with E-state index in [-0.39, 0.29) is 5.69 Å². The zero-order valence-electron chi connectivity index (χ0n) is 10.8. The monoisotopic (exact) mass is 256 g/mol. The third-order valence-corrected chi connectivity index (χ3v) is 2.99. The van der Waals surface area contributed by atoms with Crippen LogP contribution in [0.3, 0.4) is 0 Å². The molecule has 1 aromatic heterocycles. The molecular formula is C15H16N2O2. The third kappa shape index (κ3) is 3.55. The van der Waals surface area contributed by atoms with Gasteiger partial charge in [0.15, 0.2) is 0 Å². The Morgan fingerprint density at radius 1 is 1.21 bits per heavy atom. The molecule has 0 aliphatic heterocycles. The lowest BCUT2D eigenvalue weighted by Gasteiger charge is -2.18. The van der Waals surface area contributed by atoms with Crippen LogP contribution in [0.25, 0.3) is 0 Å². The first kappa shape index (κ1) is 13.1. The Kier molecular flexibility index (Phi) is 4.13. The summed E-state index contributed by atoms with van der Waals surface area (Å²) in [7, 11) is 1.97. The Balaban J connectivity index is 1.96. The van der Waals surface area contributed by atoms with Gasteiger partial charge < -0.3 is 10.0 Å². The molecule has 4 nitrogen and oxygen atoms in total. The van der Waals surface area contributed by atoms with E-state index in [1.807, 2.05) is 25.2 Å². The molecule has 0 fully saturated rings. The lowest BCUT2D eigenvalue weighted by molar-refractivity contribution is 0.0690. The van der Waals surface area contributed by atoms with Gasteiger partial charge in [-0.3, -0.25) is 0 Å². The van der Waals surface area contributed by atoms with Crippen molar-refractivity contribution in [3.05, 3.63) is 59.9 Å². The molecule has 2 aromatic rings. The number of carbonyl (C=O) groups is 1. The maximum Gasteiger partial charge on any atom is 0.354 e. The Labute approximate surface area is 112 Å². The van der Waals surface area contributed by atoms with E-state index in [9.17, 15) is 4.79 Å². The van der Waals surface area contributed by atoms with E-state index in [1.54, 1.807) is 12.3 Å².